The molecule has 3 saturated heterocycles. The summed E-state index contributed by atoms with van der Waals surface area (Å²) < 4.78 is 34.5. The van der Waals surface area contributed by atoms with Gasteiger partial charge in [0.15, 0.2) is 18.9 Å². The zero-order chi connectivity index (χ0) is 71.1. The summed E-state index contributed by atoms with van der Waals surface area (Å²) in [5.74, 6) is -0.276. The molecule has 0 bridgehead atoms. The Balaban J connectivity index is 1.39. The molecule has 12 N–H and O–H groups in total. The van der Waals surface area contributed by atoms with Crippen molar-refractivity contribution in [2.75, 3.05) is 26.4 Å². The summed E-state index contributed by atoms with van der Waals surface area (Å²) in [6.45, 7) is 1.66. The van der Waals surface area contributed by atoms with E-state index in [1.165, 1.54) is 199 Å². The molecule has 1 amide bonds. The molecule has 3 aliphatic rings. The number of rotatable bonds is 62. The maximum Gasteiger partial charge on any atom is 0.220 e. The molecule has 0 saturated carbocycles. The van der Waals surface area contributed by atoms with E-state index in [0.717, 1.165) is 77.0 Å². The van der Waals surface area contributed by atoms with Gasteiger partial charge in [-0.2, -0.15) is 0 Å². The van der Waals surface area contributed by atoms with Crippen molar-refractivity contribution in [2.24, 2.45) is 0 Å². The van der Waals surface area contributed by atoms with E-state index in [2.05, 4.69) is 67.8 Å². The van der Waals surface area contributed by atoms with E-state index in [-0.39, 0.29) is 18.9 Å². The minimum Gasteiger partial charge on any atom is -0.394 e. The number of carbonyl (C=O) groups excluding carboxylic acids is 1. The first-order chi connectivity index (χ1) is 47.8. The van der Waals surface area contributed by atoms with E-state index >= 15 is 0 Å². The van der Waals surface area contributed by atoms with Crippen molar-refractivity contribution < 1.29 is 89.4 Å². The summed E-state index contributed by atoms with van der Waals surface area (Å²) in [4.78, 5) is 13.5. The first-order valence-electron chi connectivity index (χ1n) is 39.5. The zero-order valence-corrected chi connectivity index (χ0v) is 61.0. The van der Waals surface area contributed by atoms with Gasteiger partial charge in [0.05, 0.1) is 38.6 Å². The second-order valence-corrected chi connectivity index (χ2v) is 28.1. The lowest BCUT2D eigenvalue weighted by atomic mass is 9.96. The van der Waals surface area contributed by atoms with Crippen LogP contribution in [0.1, 0.15) is 303 Å². The minimum atomic E-state index is -1.98. The van der Waals surface area contributed by atoms with Gasteiger partial charge in [0.25, 0.3) is 0 Å². The van der Waals surface area contributed by atoms with Crippen LogP contribution in [0.15, 0.2) is 60.8 Å². The third kappa shape index (κ3) is 39.9. The summed E-state index contributed by atoms with van der Waals surface area (Å²) in [5.41, 5.74) is 0. The second kappa shape index (κ2) is 59.8. The number of amides is 1. The zero-order valence-electron chi connectivity index (χ0n) is 61.0. The molecular weight excluding hydrogens is 1250 g/mol. The minimum absolute atomic E-state index is 0.239. The Labute approximate surface area is 592 Å². The Morgan fingerprint density at radius 3 is 1.10 bits per heavy atom. The summed E-state index contributed by atoms with van der Waals surface area (Å²) in [5, 5.41) is 121. The van der Waals surface area contributed by atoms with Crippen LogP contribution >= 0.6 is 0 Å². The van der Waals surface area contributed by atoms with Crippen LogP contribution in [0.25, 0.3) is 0 Å². The Morgan fingerprint density at radius 2 is 0.704 bits per heavy atom. The van der Waals surface area contributed by atoms with Crippen molar-refractivity contribution in [2.45, 2.75) is 407 Å². The number of carbonyl (C=O) groups is 1. The smallest absolute Gasteiger partial charge is 0.220 e. The highest BCUT2D eigenvalue weighted by atomic mass is 16.8. The topological polar surface area (TPSA) is 307 Å². The van der Waals surface area contributed by atoms with Crippen LogP contribution in [0.2, 0.25) is 0 Å². The molecule has 98 heavy (non-hydrogen) atoms. The van der Waals surface area contributed by atoms with Gasteiger partial charge < -0.3 is 89.9 Å². The van der Waals surface area contributed by atoms with Gasteiger partial charge in [-0.25, -0.2) is 0 Å². The monoisotopic (exact) mass is 1390 g/mol. The number of unbranched alkanes of at least 4 members (excludes halogenated alkanes) is 38. The summed E-state index contributed by atoms with van der Waals surface area (Å²) in [6.07, 6.45) is 49.1. The Hall–Kier alpha value is -2.51. The lowest BCUT2D eigenvalue weighted by molar-refractivity contribution is -0.379. The number of aliphatic hydroxyl groups excluding tert-OH is 11. The number of aliphatic hydroxyl groups is 11. The van der Waals surface area contributed by atoms with E-state index in [4.69, 9.17) is 28.4 Å². The molecule has 572 valence electrons. The maximum absolute atomic E-state index is 13.5. The number of hydrogen-bond donors (Lipinski definition) is 12. The van der Waals surface area contributed by atoms with Crippen LogP contribution in [0.4, 0.5) is 0 Å². The highest BCUT2D eigenvalue weighted by Gasteiger charge is 2.53. The molecule has 0 aromatic heterocycles. The molecule has 19 heteroatoms. The predicted molar refractivity (Wildman–Crippen MR) is 388 cm³/mol. The molecule has 3 fully saturated rings. The highest BCUT2D eigenvalue weighted by molar-refractivity contribution is 5.76. The SMILES string of the molecule is CC/C=C\C/C=C\C/C=C\C/C=C\CCCCCCCCCCCCCCC(=O)NC(COC1OC(CO)C(OC2OC(CO)C(OC3OC(CO)C(O)C(O)C3O)C(O)C2O)C(O)C1O)C(O)/C=C/CCCCCCCCCCCCCCCCCCCCCCCCCCCC. The molecule has 0 radical (unpaired) electrons. The van der Waals surface area contributed by atoms with Crippen LogP contribution in [0.5, 0.6) is 0 Å². The van der Waals surface area contributed by atoms with Gasteiger partial charge in [-0.05, 0) is 57.8 Å². The molecule has 3 heterocycles. The molecule has 0 spiro atoms. The molecule has 0 aromatic rings. The highest BCUT2D eigenvalue weighted by Crippen LogP contribution is 2.33. The van der Waals surface area contributed by atoms with E-state index in [0.29, 0.717) is 6.42 Å². The fourth-order valence-electron chi connectivity index (χ4n) is 13.2. The van der Waals surface area contributed by atoms with Crippen LogP contribution in [-0.2, 0) is 33.2 Å². The van der Waals surface area contributed by atoms with Crippen LogP contribution in [-0.4, -0.2) is 193 Å². The van der Waals surface area contributed by atoms with E-state index < -0.39 is 124 Å². The number of ether oxygens (including phenoxy) is 6. The lowest BCUT2D eigenvalue weighted by Gasteiger charge is -2.48. The third-order valence-corrected chi connectivity index (χ3v) is 19.6. The quantitative estimate of drug-likeness (QED) is 0.0199. The van der Waals surface area contributed by atoms with Gasteiger partial charge in [0.2, 0.25) is 5.91 Å². The van der Waals surface area contributed by atoms with Crippen LogP contribution in [0, 0.1) is 0 Å². The van der Waals surface area contributed by atoms with E-state index in [1.807, 2.05) is 6.08 Å². The van der Waals surface area contributed by atoms with Crippen molar-refractivity contribution in [1.29, 1.82) is 0 Å². The summed E-state index contributed by atoms with van der Waals surface area (Å²) >= 11 is 0. The summed E-state index contributed by atoms with van der Waals surface area (Å²) in [6, 6.07) is -0.978. The van der Waals surface area contributed by atoms with Crippen LogP contribution < -0.4 is 5.32 Å². The van der Waals surface area contributed by atoms with Crippen molar-refractivity contribution in [3.63, 3.8) is 0 Å². The van der Waals surface area contributed by atoms with Gasteiger partial charge in [0.1, 0.15) is 73.2 Å². The molecule has 19 nitrogen and oxygen atoms in total. The molecule has 17 atom stereocenters. The fraction of sp³-hybridized carbons (Fsp3) is 0.861. The molecule has 0 aromatic carbocycles. The van der Waals surface area contributed by atoms with E-state index in [9.17, 15) is 61.0 Å². The third-order valence-electron chi connectivity index (χ3n) is 19.6. The average molecular weight is 1400 g/mol. The predicted octanol–water partition coefficient (Wildman–Crippen LogP) is 12.7. The number of allylic oxidation sites excluding steroid dienone is 9. The van der Waals surface area contributed by atoms with Crippen LogP contribution in [0.3, 0.4) is 0 Å². The van der Waals surface area contributed by atoms with Crippen molar-refractivity contribution in [3.05, 3.63) is 60.8 Å². The maximum atomic E-state index is 13.5. The van der Waals surface area contributed by atoms with Gasteiger partial charge in [-0.15, -0.1) is 0 Å². The first kappa shape index (κ1) is 89.7. The fourth-order valence-corrected chi connectivity index (χ4v) is 13.2. The second-order valence-electron chi connectivity index (χ2n) is 28.1. The molecule has 3 rings (SSSR count). The van der Waals surface area contributed by atoms with Gasteiger partial charge in [-0.1, -0.05) is 299 Å². The van der Waals surface area contributed by atoms with E-state index in [1.54, 1.807) is 6.08 Å². The molecule has 3 aliphatic heterocycles. The normalized spacial score (nSPS) is 27.1. The standard InChI is InChI=1S/C79H143NO18/c1-3-5-7-9-11-13-15-17-19-21-23-25-27-29-30-31-33-34-36-38-40-42-44-46-48-50-52-54-56-63(84)62(80-67(85)57-55-53-51-49-47-45-43-41-39-37-35-32-28-26-24-22-20-18-16-14-12-10-8-6-4-2)61-93-77-73(91)70(88)75(65(59-82)95-77)98-79-74(92)71(89)76(66(60-83)96-79)97-78-72(90)69(87)68(86)64(58-81)94-78/h6,8,12,14,18,20,24,26,54,56,62-66,68-79,81-84,86-92H,3-5,7,9-11,13,15-17,19,21-23,25,27-53,55,57-61H2,1-2H3,(H,80,85)/b8-6-,14-12-,20-18-,26-24-,56-54+. The Morgan fingerprint density at radius 1 is 0.378 bits per heavy atom. The van der Waals surface area contributed by atoms with Gasteiger partial charge in [0, 0.05) is 6.42 Å². The van der Waals surface area contributed by atoms with Gasteiger partial charge in [-0.3, -0.25) is 4.79 Å². The van der Waals surface area contributed by atoms with Gasteiger partial charge >= 0.3 is 0 Å². The molecule has 0 aliphatic carbocycles. The number of nitrogens with one attached hydrogen (secondary N) is 1. The Bertz CT molecular complexity index is 2010. The molecule has 17 unspecified atom stereocenters. The average Bonchev–Trinajstić information content (AvgIpc) is 0.784. The number of hydrogen-bond acceptors (Lipinski definition) is 18. The largest absolute Gasteiger partial charge is 0.394 e. The molecular formula is C79H143NO18. The summed E-state index contributed by atoms with van der Waals surface area (Å²) in [7, 11) is 0. The van der Waals surface area contributed by atoms with Crippen molar-refractivity contribution in [3.8, 4) is 0 Å². The van der Waals surface area contributed by atoms with Crippen molar-refractivity contribution >= 4 is 5.91 Å². The first-order valence-corrected chi connectivity index (χ1v) is 39.5. The van der Waals surface area contributed by atoms with Crippen molar-refractivity contribution in [1.82, 2.24) is 5.32 Å². The lowest BCUT2D eigenvalue weighted by Crippen LogP contribution is -2.66. The Kier molecular flexibility index (Phi) is 54.8.